The molecule has 18 heavy (non-hydrogen) atoms. The van der Waals surface area contributed by atoms with Gasteiger partial charge in [-0.3, -0.25) is 14.4 Å². The molecule has 0 bridgehead atoms. The Balaban J connectivity index is 2.15. The number of anilines is 2. The highest BCUT2D eigenvalue weighted by Crippen LogP contribution is 2.21. The van der Waals surface area contributed by atoms with Gasteiger partial charge in [-0.1, -0.05) is 0 Å². The smallest absolute Gasteiger partial charge is 0.258 e. The van der Waals surface area contributed by atoms with Crippen molar-refractivity contribution in [1.29, 1.82) is 0 Å². The van der Waals surface area contributed by atoms with Crippen LogP contribution >= 0.6 is 11.6 Å². The summed E-state index contributed by atoms with van der Waals surface area (Å²) in [5.41, 5.74) is 1.01. The van der Waals surface area contributed by atoms with E-state index in [0.29, 0.717) is 11.4 Å². The lowest BCUT2D eigenvalue weighted by Crippen LogP contribution is -2.29. The van der Waals surface area contributed by atoms with Gasteiger partial charge >= 0.3 is 0 Å². The standard InChI is InChI=1S/C12H9ClN2O3/c13-7-10(16)14-8-1-3-9(4-2-8)15-11(17)5-6-12(15)18/h1-6H,7H2,(H,14,16). The molecule has 1 aliphatic heterocycles. The average molecular weight is 265 g/mol. The molecule has 0 aliphatic carbocycles. The molecule has 0 unspecified atom stereocenters. The topological polar surface area (TPSA) is 66.5 Å². The van der Waals surface area contributed by atoms with Crippen LogP contribution in [0.5, 0.6) is 0 Å². The maximum absolute atomic E-state index is 11.4. The number of halogens is 1. The Hall–Kier alpha value is -2.14. The molecule has 0 atom stereocenters. The van der Waals surface area contributed by atoms with Crippen LogP contribution in [-0.2, 0) is 14.4 Å². The van der Waals surface area contributed by atoms with E-state index in [1.807, 2.05) is 0 Å². The predicted molar refractivity (Wildman–Crippen MR) is 67.4 cm³/mol. The summed E-state index contributed by atoms with van der Waals surface area (Å²) in [5, 5.41) is 2.56. The number of hydrogen-bond acceptors (Lipinski definition) is 3. The molecule has 0 aromatic heterocycles. The molecular formula is C12H9ClN2O3. The molecule has 1 aromatic carbocycles. The first kappa shape index (κ1) is 12.3. The summed E-state index contributed by atoms with van der Waals surface area (Å²) in [5.74, 6) is -1.20. The van der Waals surface area contributed by atoms with Crippen LogP contribution in [-0.4, -0.2) is 23.6 Å². The van der Waals surface area contributed by atoms with Gasteiger partial charge in [0.2, 0.25) is 5.91 Å². The van der Waals surface area contributed by atoms with Gasteiger partial charge in [-0.15, -0.1) is 11.6 Å². The third-order valence-corrected chi connectivity index (χ3v) is 2.58. The third kappa shape index (κ3) is 2.41. The van der Waals surface area contributed by atoms with E-state index < -0.39 is 0 Å². The van der Waals surface area contributed by atoms with Crippen LogP contribution in [0, 0.1) is 0 Å². The Bertz CT molecular complexity index is 519. The summed E-state index contributed by atoms with van der Waals surface area (Å²) >= 11 is 5.36. The normalized spacial score (nSPS) is 14.2. The highest BCUT2D eigenvalue weighted by Gasteiger charge is 2.24. The van der Waals surface area contributed by atoms with Gasteiger partial charge in [-0.25, -0.2) is 4.90 Å². The van der Waals surface area contributed by atoms with Gasteiger partial charge in [0.25, 0.3) is 11.8 Å². The van der Waals surface area contributed by atoms with Crippen molar-refractivity contribution in [2.24, 2.45) is 0 Å². The van der Waals surface area contributed by atoms with E-state index in [0.717, 1.165) is 4.90 Å². The van der Waals surface area contributed by atoms with Crippen molar-refractivity contribution in [1.82, 2.24) is 0 Å². The first-order chi connectivity index (χ1) is 8.61. The minimum Gasteiger partial charge on any atom is -0.325 e. The van der Waals surface area contributed by atoms with Gasteiger partial charge in [-0.2, -0.15) is 0 Å². The number of nitrogens with one attached hydrogen (secondary N) is 1. The minimum absolute atomic E-state index is 0.130. The Morgan fingerprint density at radius 3 is 2.17 bits per heavy atom. The summed E-state index contributed by atoms with van der Waals surface area (Å²) in [6, 6.07) is 6.34. The van der Waals surface area contributed by atoms with Crippen LogP contribution in [0.15, 0.2) is 36.4 Å². The number of hydrogen-bond donors (Lipinski definition) is 1. The number of benzene rings is 1. The first-order valence-electron chi connectivity index (χ1n) is 5.14. The molecule has 1 aromatic rings. The lowest BCUT2D eigenvalue weighted by molar-refractivity contribution is -0.120. The zero-order valence-electron chi connectivity index (χ0n) is 9.22. The van der Waals surface area contributed by atoms with Gasteiger partial charge in [0, 0.05) is 17.8 Å². The fourth-order valence-corrected chi connectivity index (χ4v) is 1.61. The van der Waals surface area contributed by atoms with Gasteiger partial charge in [0.05, 0.1) is 5.69 Å². The fraction of sp³-hybridized carbons (Fsp3) is 0.0833. The van der Waals surface area contributed by atoms with Crippen LogP contribution in [0.3, 0.4) is 0 Å². The molecule has 3 amide bonds. The largest absolute Gasteiger partial charge is 0.325 e. The maximum Gasteiger partial charge on any atom is 0.258 e. The number of alkyl halides is 1. The monoisotopic (exact) mass is 264 g/mol. The van der Waals surface area contributed by atoms with Crippen LogP contribution < -0.4 is 10.2 Å². The Kier molecular flexibility index (Phi) is 3.43. The highest BCUT2D eigenvalue weighted by molar-refractivity contribution is 6.29. The van der Waals surface area contributed by atoms with E-state index in [2.05, 4.69) is 5.32 Å². The SMILES string of the molecule is O=C(CCl)Nc1ccc(N2C(=O)C=CC2=O)cc1. The summed E-state index contributed by atoms with van der Waals surface area (Å²) in [6.07, 6.45) is 2.43. The summed E-state index contributed by atoms with van der Waals surface area (Å²) in [7, 11) is 0. The molecule has 0 saturated heterocycles. The molecular weight excluding hydrogens is 256 g/mol. The number of imide groups is 1. The third-order valence-electron chi connectivity index (χ3n) is 2.34. The molecule has 92 valence electrons. The molecule has 0 saturated carbocycles. The molecule has 1 heterocycles. The molecule has 5 nitrogen and oxygen atoms in total. The number of nitrogens with zero attached hydrogens (tertiary/aromatic N) is 1. The van der Waals surface area contributed by atoms with E-state index in [1.54, 1.807) is 24.3 Å². The maximum atomic E-state index is 11.4. The lowest BCUT2D eigenvalue weighted by atomic mass is 10.2. The minimum atomic E-state index is -0.377. The second-order valence-corrected chi connectivity index (χ2v) is 3.84. The van der Waals surface area contributed by atoms with Crippen molar-refractivity contribution in [2.75, 3.05) is 16.1 Å². The van der Waals surface area contributed by atoms with E-state index in [1.165, 1.54) is 12.2 Å². The zero-order valence-corrected chi connectivity index (χ0v) is 9.98. The Morgan fingerprint density at radius 2 is 1.67 bits per heavy atom. The van der Waals surface area contributed by atoms with E-state index in [4.69, 9.17) is 11.6 Å². The Morgan fingerprint density at radius 1 is 1.11 bits per heavy atom. The van der Waals surface area contributed by atoms with Crippen LogP contribution in [0.4, 0.5) is 11.4 Å². The fourth-order valence-electron chi connectivity index (χ4n) is 1.54. The van der Waals surface area contributed by atoms with E-state index in [9.17, 15) is 14.4 Å². The molecule has 1 aliphatic rings. The van der Waals surface area contributed by atoms with Crippen LogP contribution in [0.2, 0.25) is 0 Å². The molecule has 0 fully saturated rings. The second kappa shape index (κ2) is 5.01. The van der Waals surface area contributed by atoms with Crippen LogP contribution in [0.25, 0.3) is 0 Å². The van der Waals surface area contributed by atoms with Crippen molar-refractivity contribution in [2.45, 2.75) is 0 Å². The van der Waals surface area contributed by atoms with E-state index >= 15 is 0 Å². The van der Waals surface area contributed by atoms with Gasteiger partial charge in [0.1, 0.15) is 5.88 Å². The predicted octanol–water partition coefficient (Wildman–Crippen LogP) is 1.29. The molecule has 2 rings (SSSR count). The second-order valence-electron chi connectivity index (χ2n) is 3.57. The van der Waals surface area contributed by atoms with Crippen molar-refractivity contribution < 1.29 is 14.4 Å². The first-order valence-corrected chi connectivity index (χ1v) is 5.67. The van der Waals surface area contributed by atoms with Gasteiger partial charge in [-0.05, 0) is 24.3 Å². The molecule has 0 radical (unpaired) electrons. The average Bonchev–Trinajstić information content (AvgIpc) is 2.70. The van der Waals surface area contributed by atoms with Gasteiger partial charge < -0.3 is 5.32 Å². The summed E-state index contributed by atoms with van der Waals surface area (Å²) < 4.78 is 0. The summed E-state index contributed by atoms with van der Waals surface area (Å²) in [6.45, 7) is 0. The van der Waals surface area contributed by atoms with Gasteiger partial charge in [0.15, 0.2) is 0 Å². The highest BCUT2D eigenvalue weighted by atomic mass is 35.5. The quantitative estimate of drug-likeness (QED) is 0.661. The molecule has 1 N–H and O–H groups in total. The molecule has 6 heteroatoms. The van der Waals surface area contributed by atoms with Crippen LogP contribution in [0.1, 0.15) is 0 Å². The van der Waals surface area contributed by atoms with Crippen molar-refractivity contribution in [3.8, 4) is 0 Å². The number of carbonyl (C=O) groups excluding carboxylic acids is 3. The lowest BCUT2D eigenvalue weighted by Gasteiger charge is -2.14. The molecule has 0 spiro atoms. The van der Waals surface area contributed by atoms with Crippen molar-refractivity contribution in [3.63, 3.8) is 0 Å². The summed E-state index contributed by atoms with van der Waals surface area (Å²) in [4.78, 5) is 35.0. The number of rotatable bonds is 3. The Labute approximate surface area is 108 Å². The number of amides is 3. The number of carbonyl (C=O) groups is 3. The van der Waals surface area contributed by atoms with Crippen molar-refractivity contribution in [3.05, 3.63) is 36.4 Å². The van der Waals surface area contributed by atoms with Crippen molar-refractivity contribution >= 4 is 40.7 Å². The zero-order chi connectivity index (χ0) is 13.1. The van der Waals surface area contributed by atoms with E-state index in [-0.39, 0.29) is 23.6 Å².